The first-order valence-corrected chi connectivity index (χ1v) is 8.77. The lowest BCUT2D eigenvalue weighted by Crippen LogP contribution is -2.39. The minimum atomic E-state index is -0.363. The summed E-state index contributed by atoms with van der Waals surface area (Å²) in [6.45, 7) is 0.792. The van der Waals surface area contributed by atoms with E-state index in [1.54, 1.807) is 12.1 Å². The van der Waals surface area contributed by atoms with Crippen LogP contribution in [0.1, 0.15) is 25.7 Å². The predicted molar refractivity (Wildman–Crippen MR) is 87.6 cm³/mol. The molecule has 1 heterocycles. The Morgan fingerprint density at radius 3 is 2.67 bits per heavy atom. The van der Waals surface area contributed by atoms with Gasteiger partial charge in [0, 0.05) is 0 Å². The topological polar surface area (TPSA) is 49.4 Å². The number of carbonyl (C=O) groups excluding carboxylic acids is 2. The van der Waals surface area contributed by atoms with Crippen LogP contribution in [0.25, 0.3) is 0 Å². The van der Waals surface area contributed by atoms with Crippen LogP contribution in [0.4, 0.5) is 5.69 Å². The maximum atomic E-state index is 12.3. The van der Waals surface area contributed by atoms with Crippen molar-refractivity contribution in [2.75, 3.05) is 23.5 Å². The fourth-order valence-electron chi connectivity index (χ4n) is 2.46. The van der Waals surface area contributed by atoms with E-state index in [4.69, 9.17) is 0 Å². The zero-order valence-corrected chi connectivity index (χ0v) is 13.2. The largest absolute Gasteiger partial charge is 0.305 e. The Labute approximate surface area is 130 Å². The van der Waals surface area contributed by atoms with Crippen LogP contribution in [0.5, 0.6) is 0 Å². The molecule has 1 aromatic rings. The lowest BCUT2D eigenvalue weighted by atomic mass is 10.2. The second-order valence-corrected chi connectivity index (χ2v) is 6.15. The Balaban J connectivity index is 1.82. The molecule has 1 aliphatic heterocycles. The van der Waals surface area contributed by atoms with Crippen LogP contribution < -0.4 is 10.2 Å². The lowest BCUT2D eigenvalue weighted by Gasteiger charge is -2.15. The molecule has 1 unspecified atom stereocenters. The monoisotopic (exact) mass is 306 g/mol. The summed E-state index contributed by atoms with van der Waals surface area (Å²) in [5, 5.41) is 3.22. The number of hydrogen-bond donors (Lipinski definition) is 1. The highest BCUT2D eigenvalue weighted by molar-refractivity contribution is 7.98. The van der Waals surface area contributed by atoms with Crippen molar-refractivity contribution in [1.29, 1.82) is 0 Å². The predicted octanol–water partition coefficient (Wildman–Crippen LogP) is 2.44. The number of unbranched alkanes of at least 4 members (excludes halogenated alkanes) is 2. The summed E-state index contributed by atoms with van der Waals surface area (Å²) in [5.74, 6) is 0.934. The van der Waals surface area contributed by atoms with Gasteiger partial charge in [-0.05, 0) is 43.5 Å². The number of rotatable bonds is 8. The van der Waals surface area contributed by atoms with Crippen molar-refractivity contribution < 1.29 is 9.59 Å². The van der Waals surface area contributed by atoms with E-state index in [0.29, 0.717) is 5.69 Å². The Morgan fingerprint density at radius 2 is 1.95 bits per heavy atom. The number of imide groups is 1. The van der Waals surface area contributed by atoms with E-state index in [9.17, 15) is 9.59 Å². The molecule has 1 aromatic carbocycles. The molecule has 2 amide bonds. The molecule has 1 aliphatic rings. The van der Waals surface area contributed by atoms with E-state index in [1.165, 1.54) is 17.1 Å². The molecule has 1 fully saturated rings. The van der Waals surface area contributed by atoms with Crippen LogP contribution in [-0.4, -0.2) is 36.4 Å². The highest BCUT2D eigenvalue weighted by Gasteiger charge is 2.38. The van der Waals surface area contributed by atoms with Crippen LogP contribution >= 0.6 is 11.8 Å². The summed E-state index contributed by atoms with van der Waals surface area (Å²) in [6, 6.07) is 8.77. The van der Waals surface area contributed by atoms with E-state index < -0.39 is 0 Å². The van der Waals surface area contributed by atoms with Crippen LogP contribution in [0, 0.1) is 0 Å². The molecule has 0 saturated carbocycles. The van der Waals surface area contributed by atoms with Gasteiger partial charge in [-0.3, -0.25) is 9.59 Å². The van der Waals surface area contributed by atoms with Gasteiger partial charge < -0.3 is 5.32 Å². The average molecular weight is 306 g/mol. The number of carbonyl (C=O) groups is 2. The molecule has 0 spiro atoms. The van der Waals surface area contributed by atoms with Crippen molar-refractivity contribution in [3.8, 4) is 0 Å². The number of amides is 2. The van der Waals surface area contributed by atoms with E-state index in [1.807, 2.05) is 30.0 Å². The SMILES string of the molecule is CSCCCCCNC1CC(=O)N(c2ccccc2)C1=O. The molecule has 1 saturated heterocycles. The number of benzene rings is 1. The fourth-order valence-corrected chi connectivity index (χ4v) is 2.96. The second kappa shape index (κ2) is 8.20. The molecule has 2 rings (SSSR count). The van der Waals surface area contributed by atoms with Gasteiger partial charge in [0.25, 0.3) is 5.91 Å². The second-order valence-electron chi connectivity index (χ2n) is 5.17. The molecule has 114 valence electrons. The van der Waals surface area contributed by atoms with Gasteiger partial charge >= 0.3 is 0 Å². The van der Waals surface area contributed by atoms with Crippen molar-refractivity contribution in [1.82, 2.24) is 5.32 Å². The maximum Gasteiger partial charge on any atom is 0.251 e. The zero-order chi connectivity index (χ0) is 15.1. The molecule has 0 bridgehead atoms. The number of hydrogen-bond acceptors (Lipinski definition) is 4. The van der Waals surface area contributed by atoms with E-state index >= 15 is 0 Å². The van der Waals surface area contributed by atoms with Crippen LogP contribution in [0.15, 0.2) is 30.3 Å². The summed E-state index contributed by atoms with van der Waals surface area (Å²) in [6.07, 6.45) is 5.78. The Bertz CT molecular complexity index is 478. The van der Waals surface area contributed by atoms with Crippen molar-refractivity contribution in [2.45, 2.75) is 31.7 Å². The normalized spacial score (nSPS) is 18.5. The Kier molecular flexibility index (Phi) is 6.26. The standard InChI is InChI=1S/C16H22N2O2S/c1-21-11-7-3-6-10-17-14-12-15(19)18(16(14)20)13-8-4-2-5-9-13/h2,4-5,8-9,14,17H,3,6-7,10-12H2,1H3. The maximum absolute atomic E-state index is 12.3. The zero-order valence-electron chi connectivity index (χ0n) is 12.4. The van der Waals surface area contributed by atoms with E-state index in [-0.39, 0.29) is 24.3 Å². The summed E-state index contributed by atoms with van der Waals surface area (Å²) in [5.41, 5.74) is 0.664. The van der Waals surface area contributed by atoms with Gasteiger partial charge in [0.1, 0.15) is 0 Å². The number of anilines is 1. The highest BCUT2D eigenvalue weighted by Crippen LogP contribution is 2.22. The average Bonchev–Trinajstić information content (AvgIpc) is 2.78. The van der Waals surface area contributed by atoms with Crippen molar-refractivity contribution >= 4 is 29.3 Å². The molecule has 0 aliphatic carbocycles. The smallest absolute Gasteiger partial charge is 0.251 e. The highest BCUT2D eigenvalue weighted by atomic mass is 32.2. The molecule has 1 atom stereocenters. The molecule has 1 N–H and O–H groups in total. The summed E-state index contributed by atoms with van der Waals surface area (Å²) < 4.78 is 0. The number of nitrogens with one attached hydrogen (secondary N) is 1. The van der Waals surface area contributed by atoms with Gasteiger partial charge in [-0.15, -0.1) is 0 Å². The number of para-hydroxylation sites is 1. The number of nitrogens with zero attached hydrogens (tertiary/aromatic N) is 1. The summed E-state index contributed by atoms with van der Waals surface area (Å²) in [7, 11) is 0. The molecular weight excluding hydrogens is 284 g/mol. The van der Waals surface area contributed by atoms with Crippen LogP contribution in [0.3, 0.4) is 0 Å². The van der Waals surface area contributed by atoms with Gasteiger partial charge in [0.05, 0.1) is 18.2 Å². The Hall–Kier alpha value is -1.33. The third-order valence-electron chi connectivity index (χ3n) is 3.58. The van der Waals surface area contributed by atoms with Gasteiger partial charge in [0.2, 0.25) is 5.91 Å². The molecule has 4 nitrogen and oxygen atoms in total. The van der Waals surface area contributed by atoms with Crippen molar-refractivity contribution in [2.24, 2.45) is 0 Å². The minimum absolute atomic E-state index is 0.119. The lowest BCUT2D eigenvalue weighted by molar-refractivity contribution is -0.121. The van der Waals surface area contributed by atoms with E-state index in [0.717, 1.165) is 19.4 Å². The third kappa shape index (κ3) is 4.32. The first kappa shape index (κ1) is 16.0. The third-order valence-corrected chi connectivity index (χ3v) is 4.27. The first-order chi connectivity index (χ1) is 10.2. The fraction of sp³-hybridized carbons (Fsp3) is 0.500. The van der Waals surface area contributed by atoms with Gasteiger partial charge in [-0.25, -0.2) is 4.90 Å². The number of thioether (sulfide) groups is 1. The quantitative estimate of drug-likeness (QED) is 0.592. The van der Waals surface area contributed by atoms with Gasteiger partial charge in [-0.1, -0.05) is 24.6 Å². The van der Waals surface area contributed by atoms with Crippen molar-refractivity contribution in [3.05, 3.63) is 30.3 Å². The molecule has 5 heteroatoms. The molecular formula is C16H22N2O2S. The first-order valence-electron chi connectivity index (χ1n) is 7.38. The van der Waals surface area contributed by atoms with Gasteiger partial charge in [0.15, 0.2) is 0 Å². The summed E-state index contributed by atoms with van der Waals surface area (Å²) in [4.78, 5) is 25.7. The van der Waals surface area contributed by atoms with Crippen LogP contribution in [-0.2, 0) is 9.59 Å². The van der Waals surface area contributed by atoms with Gasteiger partial charge in [-0.2, -0.15) is 11.8 Å². The molecule has 0 aromatic heterocycles. The molecule has 0 radical (unpaired) electrons. The van der Waals surface area contributed by atoms with Crippen molar-refractivity contribution in [3.63, 3.8) is 0 Å². The summed E-state index contributed by atoms with van der Waals surface area (Å²) >= 11 is 1.86. The minimum Gasteiger partial charge on any atom is -0.305 e. The Morgan fingerprint density at radius 1 is 1.19 bits per heavy atom. The van der Waals surface area contributed by atoms with Crippen LogP contribution in [0.2, 0.25) is 0 Å². The van der Waals surface area contributed by atoms with E-state index in [2.05, 4.69) is 11.6 Å². The molecule has 21 heavy (non-hydrogen) atoms.